The predicted molar refractivity (Wildman–Crippen MR) is 81.7 cm³/mol. The van der Waals surface area contributed by atoms with E-state index >= 15 is 0 Å². The third kappa shape index (κ3) is 2.73. The number of carbonyl (C=O) groups is 1. The molecule has 0 aromatic heterocycles. The molecule has 1 saturated carbocycles. The second-order valence-corrected chi connectivity index (χ2v) is 6.21. The average Bonchev–Trinajstić information content (AvgIpc) is 2.91. The molecule has 1 aromatic rings. The first-order valence-electron chi connectivity index (χ1n) is 7.90. The Bertz CT molecular complexity index is 480. The molecule has 0 spiro atoms. The number of rotatable bonds is 3. The van der Waals surface area contributed by atoms with Crippen LogP contribution >= 0.6 is 0 Å². The monoisotopic (exact) mass is 272 g/mol. The largest absolute Gasteiger partial charge is 0.320 e. The van der Waals surface area contributed by atoms with Crippen LogP contribution in [0.3, 0.4) is 0 Å². The second kappa shape index (κ2) is 5.96. The number of para-hydroxylation sites is 1. The van der Waals surface area contributed by atoms with Gasteiger partial charge in [-0.1, -0.05) is 50.3 Å². The maximum absolute atomic E-state index is 12.6. The van der Waals surface area contributed by atoms with E-state index in [1.807, 2.05) is 23.1 Å². The van der Waals surface area contributed by atoms with Gasteiger partial charge in [-0.25, -0.2) is 0 Å². The van der Waals surface area contributed by atoms with Crippen LogP contribution in [0.2, 0.25) is 0 Å². The number of amides is 1. The van der Waals surface area contributed by atoms with Crippen molar-refractivity contribution in [1.82, 2.24) is 0 Å². The Labute approximate surface area is 121 Å². The van der Waals surface area contributed by atoms with Crippen LogP contribution in [0.5, 0.6) is 0 Å². The summed E-state index contributed by atoms with van der Waals surface area (Å²) in [5.74, 6) is 0.765. The van der Waals surface area contributed by atoms with Crippen LogP contribution in [0.4, 0.5) is 5.69 Å². The van der Waals surface area contributed by atoms with E-state index in [2.05, 4.69) is 6.07 Å². The van der Waals surface area contributed by atoms with Gasteiger partial charge in [0.25, 0.3) is 0 Å². The lowest BCUT2D eigenvalue weighted by molar-refractivity contribution is -0.120. The molecular weight excluding hydrogens is 248 g/mol. The topological polar surface area (TPSA) is 46.3 Å². The lowest BCUT2D eigenvalue weighted by Gasteiger charge is -2.27. The molecule has 3 nitrogen and oxygen atoms in total. The number of benzene rings is 1. The van der Waals surface area contributed by atoms with E-state index in [4.69, 9.17) is 5.73 Å². The Hall–Kier alpha value is -1.35. The molecule has 1 aliphatic heterocycles. The molecule has 108 valence electrons. The lowest BCUT2D eigenvalue weighted by Crippen LogP contribution is -2.44. The zero-order valence-electron chi connectivity index (χ0n) is 12.1. The summed E-state index contributed by atoms with van der Waals surface area (Å²) in [6.45, 7) is 0.788. The van der Waals surface area contributed by atoms with E-state index in [1.165, 1.54) is 37.7 Å². The maximum atomic E-state index is 12.6. The van der Waals surface area contributed by atoms with E-state index in [-0.39, 0.29) is 11.9 Å². The first-order valence-corrected chi connectivity index (χ1v) is 7.90. The molecule has 1 heterocycles. The number of nitrogens with zero attached hydrogens (tertiary/aromatic N) is 1. The predicted octanol–water partition coefficient (Wildman–Crippen LogP) is 2.87. The van der Waals surface area contributed by atoms with Crippen molar-refractivity contribution >= 4 is 11.6 Å². The van der Waals surface area contributed by atoms with Gasteiger partial charge in [-0.3, -0.25) is 4.79 Å². The Morgan fingerprint density at radius 3 is 2.80 bits per heavy atom. The van der Waals surface area contributed by atoms with Gasteiger partial charge in [-0.2, -0.15) is 0 Å². The molecule has 1 amide bonds. The normalized spacial score (nSPS) is 20.8. The van der Waals surface area contributed by atoms with Crippen molar-refractivity contribution in [2.75, 3.05) is 11.4 Å². The highest BCUT2D eigenvalue weighted by molar-refractivity contribution is 5.98. The fraction of sp³-hybridized carbons (Fsp3) is 0.588. The molecule has 2 aliphatic rings. The van der Waals surface area contributed by atoms with Gasteiger partial charge in [0, 0.05) is 12.2 Å². The summed E-state index contributed by atoms with van der Waals surface area (Å²) in [6.07, 6.45) is 8.26. The number of anilines is 1. The summed E-state index contributed by atoms with van der Waals surface area (Å²) < 4.78 is 0. The number of nitrogens with two attached hydrogens (primary N) is 1. The summed E-state index contributed by atoms with van der Waals surface area (Å²) >= 11 is 0. The Morgan fingerprint density at radius 1 is 1.25 bits per heavy atom. The van der Waals surface area contributed by atoms with Gasteiger partial charge < -0.3 is 10.6 Å². The van der Waals surface area contributed by atoms with Crippen molar-refractivity contribution in [3.63, 3.8) is 0 Å². The molecule has 3 heteroatoms. The second-order valence-electron chi connectivity index (χ2n) is 6.21. The fourth-order valence-corrected chi connectivity index (χ4v) is 3.65. The quantitative estimate of drug-likeness (QED) is 0.919. The van der Waals surface area contributed by atoms with Crippen molar-refractivity contribution in [2.24, 2.45) is 11.7 Å². The summed E-state index contributed by atoms with van der Waals surface area (Å²) in [7, 11) is 0. The standard InChI is InChI=1S/C17H24N2O/c18-15(12-13-6-2-1-3-7-13)17(20)19-11-10-14-8-4-5-9-16(14)19/h4-5,8-9,13,15H,1-3,6-7,10-12,18H2. The molecule has 1 aromatic carbocycles. The minimum absolute atomic E-state index is 0.112. The van der Waals surface area contributed by atoms with Crippen LogP contribution in [0.25, 0.3) is 0 Å². The van der Waals surface area contributed by atoms with E-state index in [1.54, 1.807) is 0 Å². The summed E-state index contributed by atoms with van der Waals surface area (Å²) in [5, 5.41) is 0. The van der Waals surface area contributed by atoms with Gasteiger partial charge in [-0.15, -0.1) is 0 Å². The number of hydrogen-bond acceptors (Lipinski definition) is 2. The molecule has 0 saturated heterocycles. The summed E-state index contributed by atoms with van der Waals surface area (Å²) in [6, 6.07) is 7.85. The molecule has 0 radical (unpaired) electrons. The van der Waals surface area contributed by atoms with Crippen molar-refractivity contribution in [1.29, 1.82) is 0 Å². The highest BCUT2D eigenvalue weighted by atomic mass is 16.2. The minimum atomic E-state index is -0.329. The molecule has 2 N–H and O–H groups in total. The first kappa shape index (κ1) is 13.6. The molecule has 1 fully saturated rings. The third-order valence-corrected chi connectivity index (χ3v) is 4.78. The molecule has 1 atom stereocenters. The first-order chi connectivity index (χ1) is 9.75. The van der Waals surface area contributed by atoms with Crippen LogP contribution in [-0.4, -0.2) is 18.5 Å². The van der Waals surface area contributed by atoms with Crippen LogP contribution in [0.15, 0.2) is 24.3 Å². The Morgan fingerprint density at radius 2 is 2.00 bits per heavy atom. The smallest absolute Gasteiger partial charge is 0.243 e. The maximum Gasteiger partial charge on any atom is 0.243 e. The van der Waals surface area contributed by atoms with E-state index in [0.717, 1.165) is 25.1 Å². The van der Waals surface area contributed by atoms with Gasteiger partial charge in [0.2, 0.25) is 5.91 Å². The summed E-state index contributed by atoms with van der Waals surface area (Å²) in [4.78, 5) is 14.5. The SMILES string of the molecule is NC(CC1CCCCC1)C(=O)N1CCc2ccccc21. The molecule has 20 heavy (non-hydrogen) atoms. The van der Waals surface area contributed by atoms with Gasteiger partial charge in [-0.05, 0) is 30.4 Å². The van der Waals surface area contributed by atoms with Crippen molar-refractivity contribution in [3.8, 4) is 0 Å². The molecule has 3 rings (SSSR count). The van der Waals surface area contributed by atoms with Crippen LogP contribution in [0.1, 0.15) is 44.1 Å². The zero-order chi connectivity index (χ0) is 13.9. The minimum Gasteiger partial charge on any atom is -0.320 e. The van der Waals surface area contributed by atoms with Gasteiger partial charge in [0.1, 0.15) is 0 Å². The summed E-state index contributed by atoms with van der Waals surface area (Å²) in [5.41, 5.74) is 8.53. The van der Waals surface area contributed by atoms with Gasteiger partial charge in [0.15, 0.2) is 0 Å². The van der Waals surface area contributed by atoms with E-state index in [9.17, 15) is 4.79 Å². The van der Waals surface area contributed by atoms with Crippen molar-refractivity contribution < 1.29 is 4.79 Å². The number of carbonyl (C=O) groups excluding carboxylic acids is 1. The highest BCUT2D eigenvalue weighted by Gasteiger charge is 2.29. The van der Waals surface area contributed by atoms with Crippen LogP contribution in [-0.2, 0) is 11.2 Å². The molecule has 1 unspecified atom stereocenters. The lowest BCUT2D eigenvalue weighted by atomic mass is 9.85. The van der Waals surface area contributed by atoms with Crippen molar-refractivity contribution in [3.05, 3.63) is 29.8 Å². The van der Waals surface area contributed by atoms with E-state index in [0.29, 0.717) is 5.92 Å². The Kier molecular flexibility index (Phi) is 4.06. The number of hydrogen-bond donors (Lipinski definition) is 1. The molecule has 0 bridgehead atoms. The molecular formula is C17H24N2O. The van der Waals surface area contributed by atoms with Gasteiger partial charge in [0.05, 0.1) is 6.04 Å². The average molecular weight is 272 g/mol. The number of fused-ring (bicyclic) bond motifs is 1. The molecule has 1 aliphatic carbocycles. The van der Waals surface area contributed by atoms with Gasteiger partial charge >= 0.3 is 0 Å². The van der Waals surface area contributed by atoms with Crippen molar-refractivity contribution in [2.45, 2.75) is 51.0 Å². The van der Waals surface area contributed by atoms with Crippen LogP contribution in [0, 0.1) is 5.92 Å². The highest BCUT2D eigenvalue weighted by Crippen LogP contribution is 2.30. The zero-order valence-corrected chi connectivity index (χ0v) is 12.1. The van der Waals surface area contributed by atoms with E-state index < -0.39 is 0 Å². The van der Waals surface area contributed by atoms with Crippen LogP contribution < -0.4 is 10.6 Å². The third-order valence-electron chi connectivity index (χ3n) is 4.78. The Balaban J connectivity index is 1.64. The fourth-order valence-electron chi connectivity index (χ4n) is 3.65.